The number of fused-ring (bicyclic) bond motifs is 1. The van der Waals surface area contributed by atoms with E-state index < -0.39 is 17.3 Å². The van der Waals surface area contributed by atoms with Gasteiger partial charge in [0.2, 0.25) is 5.43 Å². The number of benzene rings is 1. The quantitative estimate of drug-likeness (QED) is 0.450. The molecule has 0 fully saturated rings. The van der Waals surface area contributed by atoms with Crippen LogP contribution >= 0.6 is 0 Å². The third-order valence-electron chi connectivity index (χ3n) is 5.35. The number of esters is 1. The van der Waals surface area contributed by atoms with Gasteiger partial charge in [-0.25, -0.2) is 4.79 Å². The van der Waals surface area contributed by atoms with Gasteiger partial charge in [-0.2, -0.15) is 0 Å². The van der Waals surface area contributed by atoms with Gasteiger partial charge in [-0.1, -0.05) is 49.8 Å². The van der Waals surface area contributed by atoms with Gasteiger partial charge >= 0.3 is 5.97 Å². The van der Waals surface area contributed by atoms with Crippen molar-refractivity contribution in [2.24, 2.45) is 5.92 Å². The van der Waals surface area contributed by atoms with Crippen LogP contribution in [0.25, 0.3) is 5.70 Å². The van der Waals surface area contributed by atoms with Gasteiger partial charge in [0.1, 0.15) is 11.3 Å². The highest BCUT2D eigenvalue weighted by Gasteiger charge is 2.34. The molecule has 1 aromatic carbocycles. The number of ether oxygens (including phenoxy) is 2. The number of nitrogens with zero attached hydrogens (tertiary/aromatic N) is 1. The van der Waals surface area contributed by atoms with Crippen LogP contribution in [0.4, 0.5) is 0 Å². The maximum atomic E-state index is 13.3. The topological polar surface area (TPSA) is 94.8 Å². The summed E-state index contributed by atoms with van der Waals surface area (Å²) in [7, 11) is 0. The van der Waals surface area contributed by atoms with Gasteiger partial charge in [0.15, 0.2) is 11.5 Å². The van der Waals surface area contributed by atoms with Crippen molar-refractivity contribution in [1.82, 2.24) is 4.57 Å². The maximum Gasteiger partial charge on any atom is 0.343 e. The van der Waals surface area contributed by atoms with Crippen LogP contribution in [-0.2, 0) is 11.2 Å². The van der Waals surface area contributed by atoms with Crippen molar-refractivity contribution >= 4 is 17.4 Å². The smallest absolute Gasteiger partial charge is 0.343 e. The van der Waals surface area contributed by atoms with Crippen LogP contribution in [0.15, 0.2) is 47.4 Å². The molecule has 0 saturated heterocycles. The Balaban J connectivity index is 2.20. The van der Waals surface area contributed by atoms with E-state index in [9.17, 15) is 19.5 Å². The first kappa shape index (κ1) is 23.5. The van der Waals surface area contributed by atoms with Crippen LogP contribution in [0.3, 0.4) is 0 Å². The molecule has 2 aromatic rings. The van der Waals surface area contributed by atoms with Crippen LogP contribution in [0.5, 0.6) is 5.75 Å². The van der Waals surface area contributed by atoms with Crippen molar-refractivity contribution < 1.29 is 24.2 Å². The van der Waals surface area contributed by atoms with Crippen LogP contribution < -0.4 is 10.2 Å². The van der Waals surface area contributed by atoms with E-state index in [4.69, 9.17) is 9.47 Å². The van der Waals surface area contributed by atoms with Crippen molar-refractivity contribution in [1.29, 1.82) is 0 Å². The fraction of sp³-hybridized carbons (Fsp3) is 0.400. The Morgan fingerprint density at radius 3 is 2.56 bits per heavy atom. The molecule has 170 valence electrons. The van der Waals surface area contributed by atoms with E-state index in [-0.39, 0.29) is 49.0 Å². The number of aliphatic hydroxyl groups excluding tert-OH is 1. The second-order valence-electron chi connectivity index (χ2n) is 7.65. The van der Waals surface area contributed by atoms with E-state index in [1.54, 1.807) is 17.6 Å². The molecule has 1 aliphatic heterocycles. The van der Waals surface area contributed by atoms with E-state index >= 15 is 0 Å². The zero-order chi connectivity index (χ0) is 23.1. The Morgan fingerprint density at radius 1 is 1.16 bits per heavy atom. The van der Waals surface area contributed by atoms with E-state index in [1.807, 2.05) is 37.3 Å². The minimum absolute atomic E-state index is 0.117. The maximum absolute atomic E-state index is 13.3. The molecular weight excluding hydrogens is 410 g/mol. The molecule has 2 heterocycles. The summed E-state index contributed by atoms with van der Waals surface area (Å²) in [4.78, 5) is 39.0. The van der Waals surface area contributed by atoms with Crippen LogP contribution in [-0.4, -0.2) is 41.2 Å². The van der Waals surface area contributed by atoms with Gasteiger partial charge in [-0.05, 0) is 25.3 Å². The molecule has 1 aliphatic rings. The van der Waals surface area contributed by atoms with Gasteiger partial charge in [-0.15, -0.1) is 0 Å². The lowest BCUT2D eigenvalue weighted by Crippen LogP contribution is -2.32. The van der Waals surface area contributed by atoms with Gasteiger partial charge in [-0.3, -0.25) is 9.59 Å². The van der Waals surface area contributed by atoms with Crippen LogP contribution in [0, 0.1) is 5.92 Å². The molecule has 0 spiro atoms. The number of hydrogen-bond acceptors (Lipinski definition) is 6. The molecule has 7 nitrogen and oxygen atoms in total. The lowest BCUT2D eigenvalue weighted by atomic mass is 9.90. The Labute approximate surface area is 187 Å². The molecule has 0 aliphatic carbocycles. The van der Waals surface area contributed by atoms with Gasteiger partial charge in [0, 0.05) is 30.8 Å². The van der Waals surface area contributed by atoms with Crippen molar-refractivity contribution in [3.8, 4) is 5.75 Å². The predicted molar refractivity (Wildman–Crippen MR) is 121 cm³/mol. The van der Waals surface area contributed by atoms with Gasteiger partial charge in [0.25, 0.3) is 0 Å². The van der Waals surface area contributed by atoms with E-state index in [1.165, 1.54) is 6.20 Å². The largest absolute Gasteiger partial charge is 0.487 e. The summed E-state index contributed by atoms with van der Waals surface area (Å²) in [5.41, 5.74) is 1.03. The van der Waals surface area contributed by atoms with Gasteiger partial charge < -0.3 is 19.1 Å². The summed E-state index contributed by atoms with van der Waals surface area (Å²) in [5.74, 6) is -1.78. The normalized spacial score (nSPS) is 15.2. The van der Waals surface area contributed by atoms with Crippen molar-refractivity contribution in [3.05, 3.63) is 69.6 Å². The number of allylic oxidation sites excluding steroid dienone is 2. The first-order valence-electron chi connectivity index (χ1n) is 11.0. The van der Waals surface area contributed by atoms with Crippen molar-refractivity contribution in [2.75, 3.05) is 19.8 Å². The Kier molecular flexibility index (Phi) is 8.00. The number of unbranched alkanes of at least 4 members (excludes halogenated alkanes) is 1. The summed E-state index contributed by atoms with van der Waals surface area (Å²) in [6, 6.07) is 9.69. The summed E-state index contributed by atoms with van der Waals surface area (Å²) >= 11 is 0. The number of carbonyl (C=O) groups excluding carboxylic acids is 2. The number of aromatic nitrogens is 1. The summed E-state index contributed by atoms with van der Waals surface area (Å²) in [6.07, 6.45) is 5.44. The number of pyridine rings is 1. The van der Waals surface area contributed by atoms with E-state index in [2.05, 4.69) is 0 Å². The highest BCUT2D eigenvalue weighted by Crippen LogP contribution is 2.32. The van der Waals surface area contributed by atoms with Crippen LogP contribution in [0.1, 0.15) is 59.5 Å². The first-order valence-corrected chi connectivity index (χ1v) is 11.0. The predicted octanol–water partition coefficient (Wildman–Crippen LogP) is 3.48. The second kappa shape index (κ2) is 10.9. The molecule has 0 saturated carbocycles. The molecule has 0 amide bonds. The Bertz CT molecular complexity index is 1050. The summed E-state index contributed by atoms with van der Waals surface area (Å²) < 4.78 is 12.4. The second-order valence-corrected chi connectivity index (χ2v) is 7.65. The first-order chi connectivity index (χ1) is 15.5. The fourth-order valence-electron chi connectivity index (χ4n) is 3.72. The van der Waals surface area contributed by atoms with Crippen LogP contribution in [0.2, 0.25) is 0 Å². The molecule has 0 radical (unpaired) electrons. The minimum Gasteiger partial charge on any atom is -0.487 e. The van der Waals surface area contributed by atoms with Crippen molar-refractivity contribution in [3.63, 3.8) is 0 Å². The zero-order valence-electron chi connectivity index (χ0n) is 18.5. The highest BCUT2D eigenvalue weighted by molar-refractivity contribution is 6.04. The SMILES string of the molecule is CCCCOc1c2n(cc(C(=O)OCC)c1=O)C(Cc1ccccc1)=CC(CCO)C2=O. The molecule has 1 atom stereocenters. The highest BCUT2D eigenvalue weighted by atomic mass is 16.5. The molecule has 7 heteroatoms. The summed E-state index contributed by atoms with van der Waals surface area (Å²) in [5, 5.41) is 9.49. The standard InChI is InChI=1S/C25H29NO6/c1-3-5-13-32-24-21-22(28)18(11-12-27)15-19(14-17-9-7-6-8-10-17)26(21)16-20(23(24)29)25(30)31-4-2/h6-10,15-16,18,27H,3-5,11-14H2,1-2H3. The number of Topliss-reactive ketones (excluding diaryl/α,β-unsaturated/α-hetero) is 1. The summed E-state index contributed by atoms with van der Waals surface area (Å²) in [6.45, 7) is 3.86. The monoisotopic (exact) mass is 439 g/mol. The van der Waals surface area contributed by atoms with Crippen molar-refractivity contribution in [2.45, 2.75) is 39.5 Å². The molecule has 1 unspecified atom stereocenters. The third kappa shape index (κ3) is 4.99. The van der Waals surface area contributed by atoms with Gasteiger partial charge in [0.05, 0.1) is 13.2 Å². The van der Waals surface area contributed by atoms with E-state index in [0.717, 1.165) is 17.7 Å². The third-order valence-corrected chi connectivity index (χ3v) is 5.35. The average Bonchev–Trinajstić information content (AvgIpc) is 2.79. The van der Waals surface area contributed by atoms with E-state index in [0.29, 0.717) is 12.8 Å². The number of hydrogen-bond donors (Lipinski definition) is 1. The zero-order valence-corrected chi connectivity index (χ0v) is 18.5. The molecule has 0 bridgehead atoms. The molecule has 3 rings (SSSR count). The number of ketones is 1. The lowest BCUT2D eigenvalue weighted by Gasteiger charge is -2.27. The average molecular weight is 440 g/mol. The number of carbonyl (C=O) groups is 2. The Morgan fingerprint density at radius 2 is 1.91 bits per heavy atom. The fourth-order valence-corrected chi connectivity index (χ4v) is 3.72. The molecule has 1 aromatic heterocycles. The Hall–Kier alpha value is -3.19. The minimum atomic E-state index is -0.753. The number of rotatable bonds is 10. The lowest BCUT2D eigenvalue weighted by molar-refractivity contribution is 0.0522. The molecular formula is C25H29NO6. The molecule has 1 N–H and O–H groups in total. The number of aliphatic hydroxyl groups is 1. The molecule has 32 heavy (non-hydrogen) atoms.